The number of hydrogen-bond acceptors (Lipinski definition) is 3. The highest BCUT2D eigenvalue weighted by Crippen LogP contribution is 2.34. The normalized spacial score (nSPS) is 24.8. The third-order valence-corrected chi connectivity index (χ3v) is 4.65. The van der Waals surface area contributed by atoms with Crippen LogP contribution in [-0.2, 0) is 4.79 Å². The molecule has 5 heteroatoms. The van der Waals surface area contributed by atoms with Crippen molar-refractivity contribution < 1.29 is 9.59 Å². The van der Waals surface area contributed by atoms with Gasteiger partial charge in [-0.3, -0.25) is 9.69 Å². The van der Waals surface area contributed by atoms with Crippen molar-refractivity contribution in [3.8, 4) is 0 Å². The molecule has 1 aromatic carbocycles. The van der Waals surface area contributed by atoms with Gasteiger partial charge in [-0.15, -0.1) is 0 Å². The fourth-order valence-corrected chi connectivity index (χ4v) is 3.51. The summed E-state index contributed by atoms with van der Waals surface area (Å²) in [5.74, 6) is 0.464. The van der Waals surface area contributed by atoms with Crippen molar-refractivity contribution in [2.45, 2.75) is 37.6 Å². The van der Waals surface area contributed by atoms with Crippen LogP contribution in [0, 0.1) is 0 Å². The van der Waals surface area contributed by atoms with Crippen molar-refractivity contribution in [2.24, 2.45) is 0 Å². The SMILES string of the molecule is O=C1CNC(=O)N1CCCNC1CCCC1c1ccccc1. The van der Waals surface area contributed by atoms with E-state index in [4.69, 9.17) is 0 Å². The molecule has 1 saturated heterocycles. The maximum Gasteiger partial charge on any atom is 0.324 e. The van der Waals surface area contributed by atoms with Gasteiger partial charge < -0.3 is 10.6 Å². The Bertz CT molecular complexity index is 516. The molecule has 1 aliphatic carbocycles. The lowest BCUT2D eigenvalue weighted by Crippen LogP contribution is -2.36. The standard InChI is InChI=1S/C17H23N3O2/c21-16-12-19-17(22)20(16)11-5-10-18-15-9-4-8-14(15)13-6-2-1-3-7-13/h1-3,6-7,14-15,18H,4-5,8-12H2,(H,19,22). The third-order valence-electron chi connectivity index (χ3n) is 4.65. The van der Waals surface area contributed by atoms with Crippen LogP contribution >= 0.6 is 0 Å². The maximum absolute atomic E-state index is 11.5. The molecule has 2 unspecified atom stereocenters. The Morgan fingerprint density at radius 1 is 1.18 bits per heavy atom. The number of rotatable bonds is 6. The first-order chi connectivity index (χ1) is 10.8. The average molecular weight is 301 g/mol. The van der Waals surface area contributed by atoms with Gasteiger partial charge in [0.15, 0.2) is 0 Å². The van der Waals surface area contributed by atoms with E-state index in [1.165, 1.54) is 29.7 Å². The van der Waals surface area contributed by atoms with Crippen LogP contribution in [0.5, 0.6) is 0 Å². The second kappa shape index (κ2) is 6.92. The number of imide groups is 1. The Labute approximate surface area is 131 Å². The van der Waals surface area contributed by atoms with Crippen molar-refractivity contribution in [1.82, 2.24) is 15.5 Å². The molecule has 118 valence electrons. The molecule has 1 heterocycles. The van der Waals surface area contributed by atoms with Gasteiger partial charge in [-0.2, -0.15) is 0 Å². The Morgan fingerprint density at radius 2 is 2.00 bits per heavy atom. The quantitative estimate of drug-likeness (QED) is 0.623. The Balaban J connectivity index is 1.45. The van der Waals surface area contributed by atoms with Crippen LogP contribution in [0.25, 0.3) is 0 Å². The molecule has 0 spiro atoms. The van der Waals surface area contributed by atoms with Gasteiger partial charge in [0.25, 0.3) is 0 Å². The fourth-order valence-electron chi connectivity index (χ4n) is 3.51. The number of amides is 3. The molecule has 2 aliphatic rings. The van der Waals surface area contributed by atoms with Gasteiger partial charge in [0.05, 0.1) is 6.54 Å². The van der Waals surface area contributed by atoms with Crippen molar-refractivity contribution in [3.63, 3.8) is 0 Å². The van der Waals surface area contributed by atoms with Crippen LogP contribution in [0.15, 0.2) is 30.3 Å². The van der Waals surface area contributed by atoms with E-state index in [-0.39, 0.29) is 18.5 Å². The van der Waals surface area contributed by atoms with E-state index in [1.54, 1.807) is 0 Å². The fraction of sp³-hybridized carbons (Fsp3) is 0.529. The van der Waals surface area contributed by atoms with Crippen LogP contribution in [-0.4, -0.2) is 42.5 Å². The number of carbonyl (C=O) groups excluding carboxylic acids is 2. The van der Waals surface area contributed by atoms with Gasteiger partial charge in [0.2, 0.25) is 5.91 Å². The second-order valence-corrected chi connectivity index (χ2v) is 6.07. The summed E-state index contributed by atoms with van der Waals surface area (Å²) in [6.45, 7) is 1.48. The lowest BCUT2D eigenvalue weighted by molar-refractivity contribution is -0.125. The average Bonchev–Trinajstić information content (AvgIpc) is 3.13. The molecule has 0 aromatic heterocycles. The topological polar surface area (TPSA) is 61.4 Å². The highest BCUT2D eigenvalue weighted by Gasteiger charge is 2.29. The first-order valence-corrected chi connectivity index (χ1v) is 8.12. The minimum absolute atomic E-state index is 0.118. The zero-order chi connectivity index (χ0) is 15.4. The Kier molecular flexibility index (Phi) is 4.73. The predicted molar refractivity (Wildman–Crippen MR) is 84.6 cm³/mol. The van der Waals surface area contributed by atoms with Gasteiger partial charge in [-0.25, -0.2) is 4.79 Å². The van der Waals surface area contributed by atoms with Crippen LogP contribution < -0.4 is 10.6 Å². The molecule has 2 atom stereocenters. The number of nitrogens with one attached hydrogen (secondary N) is 2. The molecule has 2 fully saturated rings. The van der Waals surface area contributed by atoms with E-state index in [0.717, 1.165) is 13.0 Å². The molecular weight excluding hydrogens is 278 g/mol. The van der Waals surface area contributed by atoms with Crippen LogP contribution in [0.3, 0.4) is 0 Å². The molecule has 2 N–H and O–H groups in total. The summed E-state index contributed by atoms with van der Waals surface area (Å²) < 4.78 is 0. The van der Waals surface area contributed by atoms with E-state index < -0.39 is 0 Å². The van der Waals surface area contributed by atoms with E-state index in [1.807, 2.05) is 0 Å². The Morgan fingerprint density at radius 3 is 2.73 bits per heavy atom. The van der Waals surface area contributed by atoms with E-state index in [9.17, 15) is 9.59 Å². The summed E-state index contributed by atoms with van der Waals surface area (Å²) in [4.78, 5) is 24.3. The smallest absolute Gasteiger partial charge is 0.324 e. The predicted octanol–water partition coefficient (Wildman–Crippen LogP) is 1.85. The third kappa shape index (κ3) is 3.30. The highest BCUT2D eigenvalue weighted by atomic mass is 16.2. The summed E-state index contributed by atoms with van der Waals surface area (Å²) >= 11 is 0. The van der Waals surface area contributed by atoms with Gasteiger partial charge in [0, 0.05) is 12.6 Å². The minimum atomic E-state index is -0.256. The highest BCUT2D eigenvalue weighted by molar-refractivity contribution is 6.01. The van der Waals surface area contributed by atoms with Crippen molar-refractivity contribution >= 4 is 11.9 Å². The molecule has 1 aliphatic heterocycles. The van der Waals surface area contributed by atoms with Crippen molar-refractivity contribution in [3.05, 3.63) is 35.9 Å². The first kappa shape index (κ1) is 15.0. The molecule has 3 amide bonds. The number of urea groups is 1. The van der Waals surface area contributed by atoms with Crippen LogP contribution in [0.1, 0.15) is 37.2 Å². The van der Waals surface area contributed by atoms with Crippen molar-refractivity contribution in [1.29, 1.82) is 0 Å². The molecule has 5 nitrogen and oxygen atoms in total. The number of benzene rings is 1. The zero-order valence-corrected chi connectivity index (χ0v) is 12.8. The monoisotopic (exact) mass is 301 g/mol. The summed E-state index contributed by atoms with van der Waals surface area (Å²) in [5.41, 5.74) is 1.41. The molecule has 3 rings (SSSR count). The Hall–Kier alpha value is -1.88. The summed E-state index contributed by atoms with van der Waals surface area (Å²) in [6.07, 6.45) is 4.48. The second-order valence-electron chi connectivity index (χ2n) is 6.07. The van der Waals surface area contributed by atoms with Crippen LogP contribution in [0.4, 0.5) is 4.79 Å². The minimum Gasteiger partial charge on any atom is -0.329 e. The van der Waals surface area contributed by atoms with E-state index in [0.29, 0.717) is 18.5 Å². The molecule has 1 saturated carbocycles. The summed E-state index contributed by atoms with van der Waals surface area (Å²) in [7, 11) is 0. The summed E-state index contributed by atoms with van der Waals surface area (Å²) in [5, 5.41) is 6.16. The molecular formula is C17H23N3O2. The van der Waals surface area contributed by atoms with E-state index >= 15 is 0 Å². The van der Waals surface area contributed by atoms with Gasteiger partial charge in [0.1, 0.15) is 0 Å². The number of nitrogens with zero attached hydrogens (tertiary/aromatic N) is 1. The van der Waals surface area contributed by atoms with Gasteiger partial charge in [-0.05, 0) is 37.3 Å². The molecule has 1 aromatic rings. The van der Waals surface area contributed by atoms with Crippen LogP contribution in [0.2, 0.25) is 0 Å². The van der Waals surface area contributed by atoms with Gasteiger partial charge >= 0.3 is 6.03 Å². The number of hydrogen-bond donors (Lipinski definition) is 2. The zero-order valence-electron chi connectivity index (χ0n) is 12.8. The largest absolute Gasteiger partial charge is 0.329 e. The molecule has 22 heavy (non-hydrogen) atoms. The lowest BCUT2D eigenvalue weighted by atomic mass is 9.94. The lowest BCUT2D eigenvalue weighted by Gasteiger charge is -2.22. The summed E-state index contributed by atoms with van der Waals surface area (Å²) in [6, 6.07) is 10.9. The van der Waals surface area contributed by atoms with Gasteiger partial charge in [-0.1, -0.05) is 36.8 Å². The first-order valence-electron chi connectivity index (χ1n) is 8.12. The molecule has 0 radical (unpaired) electrons. The van der Waals surface area contributed by atoms with Crippen molar-refractivity contribution in [2.75, 3.05) is 19.6 Å². The molecule has 0 bridgehead atoms. The number of carbonyl (C=O) groups is 2. The maximum atomic E-state index is 11.5. The van der Waals surface area contributed by atoms with E-state index in [2.05, 4.69) is 41.0 Å².